The van der Waals surface area contributed by atoms with Crippen molar-refractivity contribution in [3.05, 3.63) is 65.2 Å². The van der Waals surface area contributed by atoms with Crippen LogP contribution in [-0.2, 0) is 17.8 Å². The Hall–Kier alpha value is -2.82. The number of nitrogens with one attached hydrogen (secondary N) is 2. The number of anilines is 1. The first-order chi connectivity index (χ1) is 13.9. The summed E-state index contributed by atoms with van der Waals surface area (Å²) in [5, 5.41) is 6.02. The maximum atomic E-state index is 12.8. The van der Waals surface area contributed by atoms with Crippen molar-refractivity contribution >= 4 is 17.6 Å². The summed E-state index contributed by atoms with van der Waals surface area (Å²) in [4.78, 5) is 27.1. The largest absolute Gasteiger partial charge is 0.352 e. The average Bonchev–Trinajstić information content (AvgIpc) is 2.74. The molecule has 0 saturated carbocycles. The van der Waals surface area contributed by atoms with Gasteiger partial charge < -0.3 is 15.5 Å². The fraction of sp³-hybridized carbons (Fsp3) is 0.417. The van der Waals surface area contributed by atoms with Gasteiger partial charge in [-0.2, -0.15) is 0 Å². The Morgan fingerprint density at radius 2 is 1.55 bits per heavy atom. The van der Waals surface area contributed by atoms with Crippen LogP contribution in [0.4, 0.5) is 10.5 Å². The molecule has 2 aromatic rings. The van der Waals surface area contributed by atoms with Gasteiger partial charge in [-0.25, -0.2) is 4.79 Å². The number of aryl methyl sites for hydroxylation is 2. The Morgan fingerprint density at radius 3 is 2.14 bits per heavy atom. The Labute approximate surface area is 173 Å². The summed E-state index contributed by atoms with van der Waals surface area (Å²) in [6.45, 7) is 7.84. The molecule has 3 amide bonds. The Balaban J connectivity index is 1.49. The number of urea groups is 1. The molecule has 0 radical (unpaired) electrons. The molecular weight excluding hydrogens is 362 g/mol. The van der Waals surface area contributed by atoms with Crippen LogP contribution < -0.4 is 10.6 Å². The molecule has 0 aliphatic carbocycles. The molecule has 2 aromatic carbocycles. The zero-order valence-electron chi connectivity index (χ0n) is 17.6. The quantitative estimate of drug-likeness (QED) is 0.785. The first kappa shape index (κ1) is 20.9. The summed E-state index contributed by atoms with van der Waals surface area (Å²) in [6.07, 6.45) is 2.30. The number of hydrogen-bond acceptors (Lipinski definition) is 2. The van der Waals surface area contributed by atoms with E-state index < -0.39 is 5.41 Å². The molecule has 2 N–H and O–H groups in total. The molecule has 3 rings (SSSR count). The predicted molar refractivity (Wildman–Crippen MR) is 117 cm³/mol. The van der Waals surface area contributed by atoms with Crippen molar-refractivity contribution in [3.63, 3.8) is 0 Å². The first-order valence-corrected chi connectivity index (χ1v) is 10.4. The highest BCUT2D eigenvalue weighted by atomic mass is 16.2. The third-order valence-electron chi connectivity index (χ3n) is 5.89. The Morgan fingerprint density at radius 1 is 0.966 bits per heavy atom. The summed E-state index contributed by atoms with van der Waals surface area (Å²) in [6, 6.07) is 16.0. The first-order valence-electron chi connectivity index (χ1n) is 10.4. The fourth-order valence-corrected chi connectivity index (χ4v) is 3.56. The van der Waals surface area contributed by atoms with Gasteiger partial charge in [-0.15, -0.1) is 0 Å². The van der Waals surface area contributed by atoms with Crippen LogP contribution in [0.3, 0.4) is 0 Å². The normalized spacial score (nSPS) is 15.6. The van der Waals surface area contributed by atoms with E-state index >= 15 is 0 Å². The van der Waals surface area contributed by atoms with E-state index in [0.29, 0.717) is 32.5 Å². The number of amides is 3. The number of hydrogen-bond donors (Lipinski definition) is 2. The molecule has 0 atom stereocenters. The van der Waals surface area contributed by atoms with Crippen molar-refractivity contribution in [1.29, 1.82) is 0 Å². The number of rotatable bonds is 5. The molecule has 1 fully saturated rings. The fourth-order valence-electron chi connectivity index (χ4n) is 3.56. The molecule has 0 spiro atoms. The minimum Gasteiger partial charge on any atom is -0.352 e. The average molecular weight is 394 g/mol. The van der Waals surface area contributed by atoms with Gasteiger partial charge in [0.1, 0.15) is 0 Å². The summed E-state index contributed by atoms with van der Waals surface area (Å²) in [7, 11) is 0. The number of carbonyl (C=O) groups excluding carboxylic acids is 2. The second-order valence-electron chi connectivity index (χ2n) is 8.20. The second kappa shape index (κ2) is 9.12. The van der Waals surface area contributed by atoms with Gasteiger partial charge in [-0.3, -0.25) is 4.79 Å². The van der Waals surface area contributed by atoms with Crippen LogP contribution in [0.5, 0.6) is 0 Å². The molecule has 1 heterocycles. The number of carbonyl (C=O) groups is 2. The van der Waals surface area contributed by atoms with E-state index in [1.807, 2.05) is 50.2 Å². The van der Waals surface area contributed by atoms with Crippen LogP contribution in [0, 0.1) is 12.3 Å². The third-order valence-corrected chi connectivity index (χ3v) is 5.89. The highest BCUT2D eigenvalue weighted by Gasteiger charge is 2.37. The van der Waals surface area contributed by atoms with Crippen LogP contribution in [0.15, 0.2) is 48.5 Å². The van der Waals surface area contributed by atoms with Crippen LogP contribution in [-0.4, -0.2) is 29.9 Å². The molecule has 1 aliphatic heterocycles. The lowest BCUT2D eigenvalue weighted by Crippen LogP contribution is -2.49. The topological polar surface area (TPSA) is 61.4 Å². The lowest BCUT2D eigenvalue weighted by molar-refractivity contribution is -0.132. The van der Waals surface area contributed by atoms with Gasteiger partial charge in [0, 0.05) is 30.7 Å². The van der Waals surface area contributed by atoms with Crippen LogP contribution in [0.1, 0.15) is 43.4 Å². The van der Waals surface area contributed by atoms with E-state index in [2.05, 4.69) is 29.7 Å². The monoisotopic (exact) mass is 393 g/mol. The van der Waals surface area contributed by atoms with Gasteiger partial charge in [0.15, 0.2) is 0 Å². The van der Waals surface area contributed by atoms with Gasteiger partial charge in [-0.1, -0.05) is 55.8 Å². The summed E-state index contributed by atoms with van der Waals surface area (Å²) in [5.41, 5.74) is 3.91. The zero-order valence-corrected chi connectivity index (χ0v) is 17.6. The highest BCUT2D eigenvalue weighted by Crippen LogP contribution is 2.31. The summed E-state index contributed by atoms with van der Waals surface area (Å²) in [5.74, 6) is 0.0632. The third kappa shape index (κ3) is 5.37. The molecule has 1 saturated heterocycles. The number of benzene rings is 2. The van der Waals surface area contributed by atoms with E-state index in [9.17, 15) is 9.59 Å². The predicted octanol–water partition coefficient (Wildman–Crippen LogP) is 4.51. The van der Waals surface area contributed by atoms with Crippen molar-refractivity contribution in [1.82, 2.24) is 10.2 Å². The Kier molecular flexibility index (Phi) is 6.57. The highest BCUT2D eigenvalue weighted by molar-refractivity contribution is 5.90. The van der Waals surface area contributed by atoms with E-state index in [-0.39, 0.29) is 11.9 Å². The SMILES string of the molecule is CCc1ccc(NC(=O)N2CCC(C)(C(=O)NCc3ccc(C)cc3)CC2)cc1. The van der Waals surface area contributed by atoms with Crippen molar-refractivity contribution in [2.75, 3.05) is 18.4 Å². The molecule has 5 nitrogen and oxygen atoms in total. The van der Waals surface area contributed by atoms with Gasteiger partial charge in [0.2, 0.25) is 5.91 Å². The van der Waals surface area contributed by atoms with E-state index in [4.69, 9.17) is 0 Å². The smallest absolute Gasteiger partial charge is 0.321 e. The van der Waals surface area contributed by atoms with Gasteiger partial charge in [-0.05, 0) is 49.4 Å². The molecule has 0 unspecified atom stereocenters. The van der Waals surface area contributed by atoms with Crippen molar-refractivity contribution in [2.45, 2.75) is 46.6 Å². The Bertz CT molecular complexity index is 835. The van der Waals surface area contributed by atoms with Crippen molar-refractivity contribution in [3.8, 4) is 0 Å². The molecular formula is C24H31N3O2. The van der Waals surface area contributed by atoms with Crippen molar-refractivity contribution < 1.29 is 9.59 Å². The maximum absolute atomic E-state index is 12.8. The van der Waals surface area contributed by atoms with Gasteiger partial charge >= 0.3 is 6.03 Å². The second-order valence-corrected chi connectivity index (χ2v) is 8.20. The molecule has 0 aromatic heterocycles. The molecule has 1 aliphatic rings. The van der Waals surface area contributed by atoms with E-state index in [1.165, 1.54) is 11.1 Å². The minimum absolute atomic E-state index is 0.0632. The molecule has 0 bridgehead atoms. The molecule has 154 valence electrons. The standard InChI is InChI=1S/C24H31N3O2/c1-4-19-9-11-21(12-10-19)26-23(29)27-15-13-24(3,14-16-27)22(28)25-17-20-7-5-18(2)6-8-20/h5-12H,4,13-17H2,1-3H3,(H,25,28)(H,26,29). The lowest BCUT2D eigenvalue weighted by Gasteiger charge is -2.38. The number of likely N-dealkylation sites (tertiary alicyclic amines) is 1. The summed E-state index contributed by atoms with van der Waals surface area (Å²) < 4.78 is 0. The maximum Gasteiger partial charge on any atom is 0.321 e. The summed E-state index contributed by atoms with van der Waals surface area (Å²) >= 11 is 0. The number of nitrogens with zero attached hydrogens (tertiary/aromatic N) is 1. The van der Waals surface area contributed by atoms with Crippen LogP contribution in [0.2, 0.25) is 0 Å². The van der Waals surface area contributed by atoms with E-state index in [1.54, 1.807) is 4.90 Å². The molecule has 29 heavy (non-hydrogen) atoms. The van der Waals surface area contributed by atoms with Crippen LogP contribution >= 0.6 is 0 Å². The molecule has 5 heteroatoms. The van der Waals surface area contributed by atoms with Gasteiger partial charge in [0.25, 0.3) is 0 Å². The van der Waals surface area contributed by atoms with E-state index in [0.717, 1.165) is 17.7 Å². The number of piperidine rings is 1. The van der Waals surface area contributed by atoms with Gasteiger partial charge in [0.05, 0.1) is 0 Å². The van der Waals surface area contributed by atoms with Crippen molar-refractivity contribution in [2.24, 2.45) is 5.41 Å². The zero-order chi connectivity index (χ0) is 20.9. The van der Waals surface area contributed by atoms with Crippen LogP contribution in [0.25, 0.3) is 0 Å². The lowest BCUT2D eigenvalue weighted by atomic mass is 9.79. The minimum atomic E-state index is -0.440.